The van der Waals surface area contributed by atoms with Gasteiger partial charge in [-0.1, -0.05) is 48.0 Å². The van der Waals surface area contributed by atoms with Crippen LogP contribution in [-0.2, 0) is 0 Å². The van der Waals surface area contributed by atoms with Gasteiger partial charge in [0.2, 0.25) is 0 Å². The zero-order chi connectivity index (χ0) is 23.9. The van der Waals surface area contributed by atoms with Crippen LogP contribution in [0.15, 0.2) is 65.5 Å². The van der Waals surface area contributed by atoms with E-state index < -0.39 is 6.36 Å². The molecule has 3 aromatic carbocycles. The minimum atomic E-state index is -4.75. The van der Waals surface area contributed by atoms with Gasteiger partial charge in [-0.3, -0.25) is 4.79 Å². The van der Waals surface area contributed by atoms with Crippen molar-refractivity contribution in [3.05, 3.63) is 81.6 Å². The predicted octanol–water partition coefficient (Wildman–Crippen LogP) is 6.44. The van der Waals surface area contributed by atoms with Crippen LogP contribution in [-0.4, -0.2) is 23.4 Å². The fourth-order valence-corrected chi connectivity index (χ4v) is 3.90. The average Bonchev–Trinajstić information content (AvgIpc) is 2.77. The second-order valence-corrected chi connectivity index (χ2v) is 7.66. The predicted molar refractivity (Wildman–Crippen MR) is 119 cm³/mol. The number of ether oxygens (including phenoxy) is 2. The molecular weight excluding hydrogens is 459 g/mol. The molecule has 0 aliphatic rings. The largest absolute Gasteiger partial charge is 0.573 e. The summed E-state index contributed by atoms with van der Waals surface area (Å²) < 4.78 is 47.0. The van der Waals surface area contributed by atoms with Gasteiger partial charge in [0.25, 0.3) is 0 Å². The summed E-state index contributed by atoms with van der Waals surface area (Å²) in [6.07, 6.45) is -4.75. The highest BCUT2D eigenvalue weighted by Crippen LogP contribution is 2.32. The molecule has 0 saturated carbocycles. The number of benzene rings is 3. The number of nitrogens with zero attached hydrogens (tertiary/aromatic N) is 1. The van der Waals surface area contributed by atoms with Crippen LogP contribution in [0.25, 0.3) is 33.2 Å². The van der Waals surface area contributed by atoms with Crippen molar-refractivity contribution in [1.82, 2.24) is 4.73 Å². The van der Waals surface area contributed by atoms with Gasteiger partial charge in [-0.15, -0.1) is 13.2 Å². The quantitative estimate of drug-likeness (QED) is 0.345. The molecule has 1 aromatic heterocycles. The van der Waals surface area contributed by atoms with Gasteiger partial charge in [0.15, 0.2) is 5.43 Å². The Morgan fingerprint density at radius 1 is 0.939 bits per heavy atom. The maximum absolute atomic E-state index is 13.2. The molecule has 5 nitrogen and oxygen atoms in total. The van der Waals surface area contributed by atoms with Crippen molar-refractivity contribution in [3.63, 3.8) is 0 Å². The first-order valence-corrected chi connectivity index (χ1v) is 10.1. The molecule has 0 aliphatic heterocycles. The summed E-state index contributed by atoms with van der Waals surface area (Å²) in [4.78, 5) is 13.2. The summed E-state index contributed by atoms with van der Waals surface area (Å²) in [5, 5.41) is 11.1. The van der Waals surface area contributed by atoms with Crippen molar-refractivity contribution in [1.29, 1.82) is 0 Å². The summed E-state index contributed by atoms with van der Waals surface area (Å²) in [6, 6.07) is 15.3. The van der Waals surface area contributed by atoms with Gasteiger partial charge < -0.3 is 14.7 Å². The molecule has 0 atom stereocenters. The number of rotatable bonds is 4. The van der Waals surface area contributed by atoms with E-state index in [0.717, 1.165) is 10.3 Å². The monoisotopic (exact) mass is 475 g/mol. The lowest BCUT2D eigenvalue weighted by Gasteiger charge is -2.15. The molecule has 0 spiro atoms. The molecule has 4 aromatic rings. The fourth-order valence-electron chi connectivity index (χ4n) is 3.66. The van der Waals surface area contributed by atoms with E-state index in [1.54, 1.807) is 31.2 Å². The summed E-state index contributed by atoms with van der Waals surface area (Å²) in [7, 11) is 1.44. The van der Waals surface area contributed by atoms with Crippen LogP contribution in [0.3, 0.4) is 0 Å². The number of methoxy groups -OCH3 is 1. The van der Waals surface area contributed by atoms with E-state index in [2.05, 4.69) is 4.74 Å². The Morgan fingerprint density at radius 3 is 2.03 bits per heavy atom. The van der Waals surface area contributed by atoms with E-state index >= 15 is 0 Å². The molecule has 0 amide bonds. The van der Waals surface area contributed by atoms with Crippen LogP contribution in [0.2, 0.25) is 5.02 Å². The summed E-state index contributed by atoms with van der Waals surface area (Å²) in [5.74, 6) is 0.0166. The Morgan fingerprint density at radius 2 is 1.48 bits per heavy atom. The van der Waals surface area contributed by atoms with E-state index in [1.807, 2.05) is 0 Å². The van der Waals surface area contributed by atoms with Crippen molar-refractivity contribution >= 4 is 22.5 Å². The van der Waals surface area contributed by atoms with Crippen LogP contribution >= 0.6 is 11.6 Å². The number of fused-ring (bicyclic) bond motifs is 1. The van der Waals surface area contributed by atoms with E-state index in [9.17, 15) is 23.2 Å². The van der Waals surface area contributed by atoms with Gasteiger partial charge in [0.05, 0.1) is 34.3 Å². The van der Waals surface area contributed by atoms with Gasteiger partial charge in [-0.25, -0.2) is 0 Å². The third kappa shape index (κ3) is 4.34. The van der Waals surface area contributed by atoms with E-state index in [-0.39, 0.29) is 27.1 Å². The summed E-state index contributed by atoms with van der Waals surface area (Å²) >= 11 is 6.17. The van der Waals surface area contributed by atoms with Crippen molar-refractivity contribution in [2.75, 3.05) is 7.11 Å². The number of pyridine rings is 1. The molecule has 0 saturated heterocycles. The SMILES string of the molecule is COc1cc2c(cc1Cl)c(=O)c(-c1ccc(-c3ccc(OC(F)(F)F)cc3)cc1)c(C)n2O. The molecule has 0 bridgehead atoms. The zero-order valence-corrected chi connectivity index (χ0v) is 18.2. The zero-order valence-electron chi connectivity index (χ0n) is 17.4. The van der Waals surface area contributed by atoms with Crippen molar-refractivity contribution in [2.24, 2.45) is 0 Å². The number of hydrogen-bond donors (Lipinski definition) is 1. The van der Waals surface area contributed by atoms with Crippen molar-refractivity contribution < 1.29 is 27.9 Å². The Balaban J connectivity index is 1.73. The van der Waals surface area contributed by atoms with Crippen LogP contribution in [0.5, 0.6) is 11.5 Å². The number of alkyl halides is 3. The molecule has 1 heterocycles. The van der Waals surface area contributed by atoms with Gasteiger partial charge in [-0.05, 0) is 41.8 Å². The van der Waals surface area contributed by atoms with E-state index in [1.165, 1.54) is 43.5 Å². The Hall–Kier alpha value is -3.65. The minimum Gasteiger partial charge on any atom is -0.495 e. The summed E-state index contributed by atoms with van der Waals surface area (Å²) in [6.45, 7) is 1.62. The highest BCUT2D eigenvalue weighted by molar-refractivity contribution is 6.32. The molecule has 33 heavy (non-hydrogen) atoms. The third-order valence-corrected chi connectivity index (χ3v) is 5.54. The lowest BCUT2D eigenvalue weighted by molar-refractivity contribution is -0.274. The first kappa shape index (κ1) is 22.5. The van der Waals surface area contributed by atoms with Crippen molar-refractivity contribution in [3.8, 4) is 33.8 Å². The third-order valence-electron chi connectivity index (χ3n) is 5.24. The molecule has 0 radical (unpaired) electrons. The maximum Gasteiger partial charge on any atom is 0.573 e. The Bertz CT molecular complexity index is 1400. The van der Waals surface area contributed by atoms with Gasteiger partial charge in [-0.2, -0.15) is 4.73 Å². The lowest BCUT2D eigenvalue weighted by atomic mass is 9.98. The number of hydrogen-bond acceptors (Lipinski definition) is 4. The van der Waals surface area contributed by atoms with Crippen LogP contribution in [0.4, 0.5) is 13.2 Å². The molecule has 4 rings (SSSR count). The standard InChI is InChI=1S/C24H17ClF3NO4/c1-13-22(23(30)18-11-19(25)21(32-2)12-20(18)29(13)31)16-5-3-14(4-6-16)15-7-9-17(10-8-15)33-24(26,27)28/h3-12,31H,1-2H3. The van der Waals surface area contributed by atoms with E-state index in [0.29, 0.717) is 28.1 Å². The fraction of sp³-hybridized carbons (Fsp3) is 0.125. The highest BCUT2D eigenvalue weighted by atomic mass is 35.5. The number of halogens is 4. The van der Waals surface area contributed by atoms with Gasteiger partial charge in [0.1, 0.15) is 11.5 Å². The number of aromatic nitrogens is 1. The second kappa shape index (κ2) is 8.37. The normalized spacial score (nSPS) is 11.6. The van der Waals surface area contributed by atoms with Gasteiger partial charge in [0, 0.05) is 6.07 Å². The van der Waals surface area contributed by atoms with Crippen LogP contribution in [0, 0.1) is 6.92 Å². The van der Waals surface area contributed by atoms with Crippen LogP contribution < -0.4 is 14.9 Å². The van der Waals surface area contributed by atoms with Gasteiger partial charge >= 0.3 is 6.36 Å². The first-order chi connectivity index (χ1) is 15.6. The van der Waals surface area contributed by atoms with Crippen molar-refractivity contribution in [2.45, 2.75) is 13.3 Å². The Labute approximate surface area is 191 Å². The molecule has 1 N–H and O–H groups in total. The lowest BCUT2D eigenvalue weighted by Crippen LogP contribution is -2.16. The average molecular weight is 476 g/mol. The first-order valence-electron chi connectivity index (χ1n) is 9.68. The smallest absolute Gasteiger partial charge is 0.495 e. The topological polar surface area (TPSA) is 60.7 Å². The molecule has 9 heteroatoms. The molecule has 0 aliphatic carbocycles. The molecule has 0 fully saturated rings. The summed E-state index contributed by atoms with van der Waals surface area (Å²) in [5.41, 5.74) is 2.55. The molecule has 0 unspecified atom stereocenters. The molecule has 170 valence electrons. The van der Waals surface area contributed by atoms with Crippen LogP contribution in [0.1, 0.15) is 5.69 Å². The minimum absolute atomic E-state index is 0.230. The second-order valence-electron chi connectivity index (χ2n) is 7.25. The Kier molecular flexibility index (Phi) is 5.71. The maximum atomic E-state index is 13.2. The molecular formula is C24H17ClF3NO4. The highest BCUT2D eigenvalue weighted by Gasteiger charge is 2.31. The van der Waals surface area contributed by atoms with E-state index in [4.69, 9.17) is 16.3 Å².